The van der Waals surface area contributed by atoms with Crippen LogP contribution in [0.3, 0.4) is 0 Å². The maximum Gasteiger partial charge on any atom is 1.00 e. The van der Waals surface area contributed by atoms with E-state index in [1.165, 1.54) is 67.9 Å². The van der Waals surface area contributed by atoms with Crippen molar-refractivity contribution in [1.82, 2.24) is 107 Å². The predicted octanol–water partition coefficient (Wildman–Crippen LogP) is 4.59. The number of rotatable bonds is 15. The van der Waals surface area contributed by atoms with Crippen LogP contribution in [-0.4, -0.2) is 182 Å². The fourth-order valence-electron chi connectivity index (χ4n) is 6.29. The summed E-state index contributed by atoms with van der Waals surface area (Å²) < 4.78 is 41.6. The average Bonchev–Trinajstić information content (AvgIpc) is 2.30. The number of nitrogens with zero attached hydrogens (tertiary/aromatic N) is 13. The molecule has 0 atom stereocenters. The van der Waals surface area contributed by atoms with Gasteiger partial charge in [0.2, 0.25) is 26.2 Å². The Kier molecular flexibility index (Phi) is 37.7. The molecule has 6 heterocycles. The van der Waals surface area contributed by atoms with E-state index in [0.29, 0.717) is 45.2 Å². The summed E-state index contributed by atoms with van der Waals surface area (Å²) in [6.07, 6.45) is 2.97. The number of aliphatic hydroxyl groups excluding tert-OH is 1. The van der Waals surface area contributed by atoms with Gasteiger partial charge in [0.05, 0.1) is 38.8 Å². The van der Waals surface area contributed by atoms with Gasteiger partial charge in [0, 0.05) is 25.8 Å². The fourth-order valence-corrected chi connectivity index (χ4v) is 9.98. The summed E-state index contributed by atoms with van der Waals surface area (Å²) in [5, 5.41) is 90.2. The topological polar surface area (TPSA) is 479 Å². The minimum Gasteiger partial charge on any atom is -0.744 e. The number of aromatic amines is 5. The van der Waals surface area contributed by atoms with Crippen LogP contribution in [0.2, 0.25) is 0 Å². The van der Waals surface area contributed by atoms with Gasteiger partial charge >= 0.3 is 35.6 Å². The number of aromatic nitrogens is 18. The second-order valence-corrected chi connectivity index (χ2v) is 23.6. The monoisotopic (exact) mass is 1450 g/mol. The van der Waals surface area contributed by atoms with E-state index in [4.69, 9.17) is 86.9 Å². The zero-order valence-electron chi connectivity index (χ0n) is 49.4. The standard InChI is InChI=1S/C10H20N6O.C9H10N6OS.C7H6N4O3S2.C7H6N4S.C7H5NS2.C6H6O2.C3H4N2S3.H3NO3.Na/c1-8-14-9(12-5-3-4-11-2)16-10(15-8)13-6-7-17;1-10-8(16)11-6-3-2-4-7(5-6)15-9(17)12-13-14-15;12-16(13,14)6-3-1-2-5(4-6)11-7(15)8-9-10-11;12-7-8-9-10-11(7)6-4-2-1-3-5-6;9-7-8-5-3-1-2-4-6(5)10-7;7-5-1-2-6(8)4-3-5;1-7-3-5-4-2(6)8-3;2-1-4-3;/h11,17H,3-7H2,1-2H3,(H2,12,13,14,15,16);2-5H,1H3,(H2,10,11,16)(H,12,14,17);1-4H,(H,8,10,15)(H,12,13,14);1-5H,(H,8,10,12);1-4H,(H,8,9);1-4,7-8H;1H3,(H,4,6);1-3H;/q;;;;;;;;+1/p-1. The molecule has 0 radical (unpaired) electrons. The first-order chi connectivity index (χ1) is 44.2. The van der Waals surface area contributed by atoms with Gasteiger partial charge in [-0.25, -0.2) is 32.5 Å². The van der Waals surface area contributed by atoms with Gasteiger partial charge in [-0.3, -0.25) is 10.3 Å². The summed E-state index contributed by atoms with van der Waals surface area (Å²) in [5.74, 6) is 2.04. The smallest absolute Gasteiger partial charge is 0.744 e. The van der Waals surface area contributed by atoms with Gasteiger partial charge in [0.15, 0.2) is 12.2 Å². The Morgan fingerprint density at radius 3 is 1.67 bits per heavy atom. The maximum atomic E-state index is 11.2. The molecule has 5 aromatic carbocycles. The quantitative estimate of drug-likeness (QED) is 0.00975. The second kappa shape index (κ2) is 44.0. The van der Waals surface area contributed by atoms with E-state index in [0.717, 1.165) is 54.3 Å². The number of benzene rings is 5. The minimum atomic E-state index is -4.48. The van der Waals surface area contributed by atoms with E-state index in [1.807, 2.05) is 74.8 Å². The van der Waals surface area contributed by atoms with Crippen LogP contribution in [-0.2, 0) is 15.1 Å². The van der Waals surface area contributed by atoms with Crippen LogP contribution in [0.4, 0.5) is 22.4 Å². The molecule has 0 saturated heterocycles. The van der Waals surface area contributed by atoms with E-state index in [1.54, 1.807) is 59.1 Å². The van der Waals surface area contributed by atoms with Gasteiger partial charge in [-0.2, -0.15) is 35.7 Å². The Hall–Kier alpha value is -7.64. The first-order valence-corrected chi connectivity index (χ1v) is 32.0. The third kappa shape index (κ3) is 30.3. The summed E-state index contributed by atoms with van der Waals surface area (Å²) in [4.78, 5) is 29.3. The van der Waals surface area contributed by atoms with Crippen molar-refractivity contribution in [3.63, 3.8) is 0 Å². The summed E-state index contributed by atoms with van der Waals surface area (Å²) in [6, 6.07) is 35.7. The molecule has 0 aliphatic heterocycles. The normalized spacial score (nSPS) is 10.0. The van der Waals surface area contributed by atoms with E-state index < -0.39 is 10.1 Å². The number of para-hydroxylation sites is 2. The Balaban J connectivity index is 0.000000284. The van der Waals surface area contributed by atoms with Crippen LogP contribution in [0.1, 0.15) is 12.2 Å². The molecular formula is C49H59N24NaO10S9. The molecule has 6 aromatic heterocycles. The average molecular weight is 1460 g/mol. The number of carbonyl (C=O) groups excluding carboxylic acids is 1. The molecule has 0 fully saturated rings. The number of amides is 2. The molecule has 0 aliphatic rings. The number of phenolic OH excluding ortho intramolecular Hbond substituents is 2. The first-order valence-electron chi connectivity index (χ1n) is 25.7. The molecule has 490 valence electrons. The van der Waals surface area contributed by atoms with Crippen molar-refractivity contribution in [2.24, 2.45) is 0 Å². The molecular weight excluding hydrogens is 1400 g/mol. The Labute approximate surface area is 588 Å². The van der Waals surface area contributed by atoms with Crippen molar-refractivity contribution in [2.45, 2.75) is 22.6 Å². The maximum absolute atomic E-state index is 11.2. The van der Waals surface area contributed by atoms with E-state index in [-0.39, 0.29) is 63.4 Å². The van der Waals surface area contributed by atoms with Crippen LogP contribution in [0.5, 0.6) is 11.5 Å². The molecule has 93 heavy (non-hydrogen) atoms. The van der Waals surface area contributed by atoms with Gasteiger partial charge in [0.1, 0.15) is 27.4 Å². The predicted molar refractivity (Wildman–Crippen MR) is 357 cm³/mol. The number of hydrogen-bond donors (Lipinski definition) is 16. The van der Waals surface area contributed by atoms with Crippen LogP contribution in [0, 0.1) is 29.1 Å². The van der Waals surface area contributed by atoms with Crippen LogP contribution >= 0.6 is 95.5 Å². The molecule has 0 spiro atoms. The molecule has 16 N–H and O–H groups in total. The number of H-pyrrole nitrogens is 5. The van der Waals surface area contributed by atoms with Gasteiger partial charge < -0.3 is 51.4 Å². The Bertz CT molecular complexity index is 4300. The van der Waals surface area contributed by atoms with E-state index in [2.05, 4.69) is 114 Å². The largest absolute Gasteiger partial charge is 1.00 e. The number of carbonyl (C=O) groups is 1. The first kappa shape index (κ1) is 79.6. The third-order valence-electron chi connectivity index (χ3n) is 10.2. The fraction of sp³-hybridized carbons (Fsp3) is 0.184. The van der Waals surface area contributed by atoms with Crippen molar-refractivity contribution in [3.8, 4) is 28.6 Å². The summed E-state index contributed by atoms with van der Waals surface area (Å²) in [5.41, 5.74) is 4.84. The number of thiazole rings is 1. The van der Waals surface area contributed by atoms with Gasteiger partial charge in [0.25, 0.3) is 0 Å². The van der Waals surface area contributed by atoms with Crippen molar-refractivity contribution >= 4 is 139 Å². The number of aromatic hydroxyl groups is 2. The molecule has 0 unspecified atom stereocenters. The number of hydrogen-bond acceptors (Lipinski definition) is 32. The van der Waals surface area contributed by atoms with Crippen molar-refractivity contribution in [2.75, 3.05) is 62.5 Å². The number of anilines is 3. The molecule has 11 rings (SSSR count). The summed E-state index contributed by atoms with van der Waals surface area (Å²) >= 11 is 29.2. The molecule has 11 aromatic rings. The van der Waals surface area contributed by atoms with Crippen LogP contribution < -0.4 is 61.8 Å². The summed E-state index contributed by atoms with van der Waals surface area (Å²) in [7, 11) is -1.01. The molecule has 0 bridgehead atoms. The van der Waals surface area contributed by atoms with Crippen molar-refractivity contribution in [3.05, 3.63) is 155 Å². The number of tetrazole rings is 3. The molecule has 0 saturated carbocycles. The van der Waals surface area contributed by atoms with E-state index in [9.17, 15) is 17.8 Å². The number of aryl methyl sites for hydroxylation is 1. The minimum absolute atomic E-state index is 0. The molecule has 0 aliphatic carbocycles. The molecule has 44 heteroatoms. The second-order valence-electron chi connectivity index (χ2n) is 16.7. The number of nitrogens with one attached hydrogen (secondary N) is 11. The van der Waals surface area contributed by atoms with E-state index >= 15 is 0 Å². The SMILES string of the molecule is CNC(=O)Nc1cccc(-n2[nH]nnc2=S)c1.CNCCCNc1nc(C)nc(NCCO)n1.CSc1n[nH]c(=S)s1.O=S(=O)([O-])c1cccc(-n2[nH]nnc2=S)c1.ONOO.Oc1ccc(O)cc1.S=c1[nH]c2ccccc2s1.S=c1nn[nH]n1-c1ccccc1.[Na+]. The van der Waals surface area contributed by atoms with Crippen LogP contribution in [0.25, 0.3) is 27.3 Å². The number of fused-ring (bicyclic) bond motifs is 1. The number of thioether (sulfide) groups is 1. The van der Waals surface area contributed by atoms with Gasteiger partial charge in [-0.1, -0.05) is 96.5 Å². The van der Waals surface area contributed by atoms with Crippen LogP contribution in [0.15, 0.2) is 137 Å². The third-order valence-corrected chi connectivity index (χ3v) is 15.1. The van der Waals surface area contributed by atoms with Gasteiger partial charge in [-0.15, -0.1) is 16.3 Å². The Morgan fingerprint density at radius 2 is 1.20 bits per heavy atom. The van der Waals surface area contributed by atoms with Crippen molar-refractivity contribution < 1.29 is 78.1 Å². The van der Waals surface area contributed by atoms with Crippen molar-refractivity contribution in [1.29, 1.82) is 0 Å². The number of phenols is 2. The van der Waals surface area contributed by atoms with Gasteiger partial charge in [-0.05, 0) is 185 Å². The summed E-state index contributed by atoms with van der Waals surface area (Å²) in [6.45, 7) is 4.05. The molecule has 34 nitrogen and oxygen atoms in total. The number of aliphatic hydroxyl groups is 1. The molecule has 2 amide bonds. The zero-order valence-corrected chi connectivity index (χ0v) is 58.8. The zero-order chi connectivity index (χ0) is 67.3. The number of urea groups is 1. The Morgan fingerprint density at radius 1 is 0.688 bits per heavy atom.